The Hall–Kier alpha value is -4.79. The summed E-state index contributed by atoms with van der Waals surface area (Å²) in [5, 5.41) is 8.76. The van der Waals surface area contributed by atoms with E-state index >= 15 is 0 Å². The Labute approximate surface area is 392 Å². The monoisotopic (exact) mass is 956 g/mol. The van der Waals surface area contributed by atoms with E-state index in [2.05, 4.69) is 31.5 Å². The maximum absolute atomic E-state index is 14.5. The average Bonchev–Trinajstić information content (AvgIpc) is 3.79. The van der Waals surface area contributed by atoms with E-state index in [1.54, 1.807) is 29.6 Å². The van der Waals surface area contributed by atoms with Crippen LogP contribution in [-0.4, -0.2) is 113 Å². The van der Waals surface area contributed by atoms with Gasteiger partial charge in [0.15, 0.2) is 6.10 Å². The van der Waals surface area contributed by atoms with Crippen molar-refractivity contribution < 1.29 is 42.6 Å². The van der Waals surface area contributed by atoms with Gasteiger partial charge in [-0.2, -0.15) is 0 Å². The minimum absolute atomic E-state index is 0.0619. The molecule has 2 aromatic heterocycles. The van der Waals surface area contributed by atoms with Crippen molar-refractivity contribution in [1.29, 1.82) is 0 Å². The van der Waals surface area contributed by atoms with Crippen LogP contribution in [0.1, 0.15) is 112 Å². The van der Waals surface area contributed by atoms with Crippen LogP contribution in [0, 0.1) is 17.7 Å². The highest BCUT2D eigenvalue weighted by molar-refractivity contribution is 8.76. The number of hydrogen-bond acceptors (Lipinski definition) is 14. The van der Waals surface area contributed by atoms with Gasteiger partial charge >= 0.3 is 12.1 Å². The highest BCUT2D eigenvalue weighted by atomic mass is 33.1. The Morgan fingerprint density at radius 2 is 1.85 bits per heavy atom. The number of benzene rings is 1. The fraction of sp³-hybridized carbons (Fsp3) is 0.556. The summed E-state index contributed by atoms with van der Waals surface area (Å²) in [5.74, 6) is -3.35. The number of amides is 5. The second-order valence-electron chi connectivity index (χ2n) is 16.9. The summed E-state index contributed by atoms with van der Waals surface area (Å²) in [7, 11) is 6.52. The summed E-state index contributed by atoms with van der Waals surface area (Å²) in [6.07, 6.45) is 3.85. The number of carbonyl (C=O) groups excluding carboxylic acids is 6. The Bertz CT molecular complexity index is 2120. The van der Waals surface area contributed by atoms with E-state index < -0.39 is 59.8 Å². The molecule has 65 heavy (non-hydrogen) atoms. The number of thiazole rings is 1. The first-order valence-electron chi connectivity index (χ1n) is 22.0. The van der Waals surface area contributed by atoms with Crippen LogP contribution in [0.5, 0.6) is 0 Å². The topological polar surface area (TPSA) is 201 Å². The zero-order valence-corrected chi connectivity index (χ0v) is 40.4. The maximum atomic E-state index is 14.5. The Balaban J connectivity index is 1.22. The van der Waals surface area contributed by atoms with Crippen molar-refractivity contribution in [3.8, 4) is 0 Å². The molecule has 4 N–H and O–H groups in total. The average molecular weight is 957 g/mol. The van der Waals surface area contributed by atoms with Crippen molar-refractivity contribution >= 4 is 68.6 Å². The van der Waals surface area contributed by atoms with Gasteiger partial charge in [-0.15, -0.1) is 11.3 Å². The van der Waals surface area contributed by atoms with Gasteiger partial charge in [-0.3, -0.25) is 34.3 Å². The van der Waals surface area contributed by atoms with Crippen molar-refractivity contribution in [2.75, 3.05) is 33.0 Å². The number of carbonyl (C=O) groups is 6. The smallest absolute Gasteiger partial charge is 0.426 e. The number of likely N-dealkylation sites (N-methyl/N-ethyl adjacent to an activating group) is 2. The first-order valence-corrected chi connectivity index (χ1v) is 25.2. The predicted octanol–water partition coefficient (Wildman–Crippen LogP) is 6.20. The van der Waals surface area contributed by atoms with Crippen LogP contribution >= 0.6 is 32.9 Å². The number of ether oxygens (including phenoxy) is 2. The number of piperidine rings is 1. The molecule has 0 saturated carbocycles. The molecule has 1 aliphatic carbocycles. The number of esters is 1. The molecule has 3 heterocycles. The van der Waals surface area contributed by atoms with Gasteiger partial charge < -0.3 is 25.0 Å². The van der Waals surface area contributed by atoms with Crippen LogP contribution in [-0.2, 0) is 35.1 Å². The standard InChI is InChI=1S/C45H61FN8O8S3/c1-8-27(4)39(50-42(58)35-13-10-12-18-53(35)6)44(59)54(7)36(26(2)3)24-37(62-28(5)55)43-49-34(25-63-43)41(57)48-31-21-29-15-16-30(46)22-32(29)33(23-31)40(56)51-52-45(60)61-19-20-64-65-38-14-9-11-17-47-38/h9,11,14-17,22,25-27,31,33,35-37,39H,8,10,12-13,18-21,23-24H2,1-7H3,(H,48,57)(H,50,58)(H,51,56)(H,52,60)/t27-,31-,33+,35+,36+,37+,39?/m0/s1. The lowest BCUT2D eigenvalue weighted by atomic mass is 9.79. The van der Waals surface area contributed by atoms with Crippen LogP contribution in [0.4, 0.5) is 9.18 Å². The largest absolute Gasteiger partial charge is 0.455 e. The second kappa shape index (κ2) is 24.7. The first kappa shape index (κ1) is 51.2. The third-order valence-electron chi connectivity index (χ3n) is 11.8. The number of halogens is 1. The van der Waals surface area contributed by atoms with Gasteiger partial charge in [0.2, 0.25) is 17.7 Å². The lowest BCUT2D eigenvalue weighted by molar-refractivity contribution is -0.149. The predicted molar refractivity (Wildman–Crippen MR) is 248 cm³/mol. The molecule has 16 nitrogen and oxygen atoms in total. The Morgan fingerprint density at radius 1 is 1.06 bits per heavy atom. The third-order valence-corrected chi connectivity index (χ3v) is 15.0. The van der Waals surface area contributed by atoms with Crippen LogP contribution in [0.2, 0.25) is 0 Å². The van der Waals surface area contributed by atoms with E-state index in [0.29, 0.717) is 34.7 Å². The lowest BCUT2D eigenvalue weighted by Crippen LogP contribution is -2.58. The Morgan fingerprint density at radius 3 is 2.54 bits per heavy atom. The van der Waals surface area contributed by atoms with Gasteiger partial charge in [0, 0.05) is 49.8 Å². The number of nitrogens with one attached hydrogen (secondary N) is 4. The molecule has 1 saturated heterocycles. The summed E-state index contributed by atoms with van der Waals surface area (Å²) in [6, 6.07) is 7.60. The van der Waals surface area contributed by atoms with Crippen molar-refractivity contribution in [1.82, 2.24) is 41.3 Å². The van der Waals surface area contributed by atoms with E-state index in [-0.39, 0.29) is 54.8 Å². The van der Waals surface area contributed by atoms with Gasteiger partial charge in [0.05, 0.1) is 12.0 Å². The summed E-state index contributed by atoms with van der Waals surface area (Å²) >= 11 is 1.14. The summed E-state index contributed by atoms with van der Waals surface area (Å²) in [5.41, 5.74) is 5.78. The van der Waals surface area contributed by atoms with Crippen molar-refractivity contribution in [3.63, 3.8) is 0 Å². The van der Waals surface area contributed by atoms with Gasteiger partial charge in [0.25, 0.3) is 5.91 Å². The molecule has 1 fully saturated rings. The minimum atomic E-state index is -0.931. The molecule has 0 bridgehead atoms. The van der Waals surface area contributed by atoms with Crippen molar-refractivity contribution in [3.05, 3.63) is 75.6 Å². The molecule has 1 aromatic carbocycles. The van der Waals surface area contributed by atoms with Crippen LogP contribution in [0.25, 0.3) is 0 Å². The highest BCUT2D eigenvalue weighted by Gasteiger charge is 2.38. The third kappa shape index (κ3) is 14.6. The molecular formula is C45H61FN8O8S3. The van der Waals surface area contributed by atoms with Crippen molar-refractivity contribution in [2.24, 2.45) is 11.8 Å². The molecule has 5 rings (SSSR count). The fourth-order valence-electron chi connectivity index (χ4n) is 8.11. The number of hydrazine groups is 1. The zero-order valence-electron chi connectivity index (χ0n) is 38.0. The van der Waals surface area contributed by atoms with Gasteiger partial charge in [-0.25, -0.2) is 24.6 Å². The number of fused-ring (bicyclic) bond motifs is 1. The minimum Gasteiger partial charge on any atom is -0.455 e. The van der Waals surface area contributed by atoms with Crippen molar-refractivity contribution in [2.45, 2.75) is 121 Å². The van der Waals surface area contributed by atoms with E-state index in [1.165, 1.54) is 40.6 Å². The van der Waals surface area contributed by atoms with Crippen LogP contribution in [0.15, 0.2) is 53.0 Å². The first-order chi connectivity index (χ1) is 31.1. The Kier molecular flexibility index (Phi) is 19.4. The van der Waals surface area contributed by atoms with E-state index in [0.717, 1.165) is 42.2 Å². The van der Waals surface area contributed by atoms with E-state index in [9.17, 15) is 33.2 Å². The highest BCUT2D eigenvalue weighted by Crippen LogP contribution is 2.34. The molecule has 354 valence electrons. The molecule has 20 heteroatoms. The SMILES string of the molecule is CC[C@H](C)C(NC(=O)[C@H]1CCCCN1C)C(=O)N(C)[C@H](C[C@@H](OC(C)=O)c1nc(C(=O)N[C@H]2Cc3ccc(F)cc3[C@H](C(=O)NNC(=O)OCCSSc3ccccn3)C2)cs1)C(C)C. The van der Waals surface area contributed by atoms with Gasteiger partial charge in [0.1, 0.15) is 34.2 Å². The summed E-state index contributed by atoms with van der Waals surface area (Å²) in [4.78, 5) is 92.4. The molecule has 7 atom stereocenters. The number of nitrogens with zero attached hydrogens (tertiary/aromatic N) is 4. The second-order valence-corrected chi connectivity index (χ2v) is 20.2. The molecule has 3 aromatic rings. The van der Waals surface area contributed by atoms with E-state index in [1.807, 2.05) is 57.8 Å². The van der Waals surface area contributed by atoms with Gasteiger partial charge in [-0.1, -0.05) is 63.5 Å². The lowest BCUT2D eigenvalue weighted by Gasteiger charge is -2.38. The quantitative estimate of drug-likeness (QED) is 0.0459. The molecule has 0 spiro atoms. The number of pyridine rings is 1. The zero-order chi connectivity index (χ0) is 47.2. The molecule has 2 aliphatic rings. The molecule has 5 amide bonds. The van der Waals surface area contributed by atoms with Gasteiger partial charge in [-0.05, 0) is 97.3 Å². The number of rotatable bonds is 19. The molecule has 1 unspecified atom stereocenters. The van der Waals surface area contributed by atoms with E-state index in [4.69, 9.17) is 9.47 Å². The number of aromatic nitrogens is 2. The van der Waals surface area contributed by atoms with Crippen LogP contribution < -0.4 is 21.5 Å². The molecular weight excluding hydrogens is 896 g/mol. The summed E-state index contributed by atoms with van der Waals surface area (Å²) in [6.45, 7) is 10.0. The fourth-order valence-corrected chi connectivity index (χ4v) is 10.7. The van der Waals surface area contributed by atoms with Crippen LogP contribution in [0.3, 0.4) is 0 Å². The molecule has 0 radical (unpaired) electrons. The summed E-state index contributed by atoms with van der Waals surface area (Å²) < 4.78 is 25.4. The number of hydrogen-bond donors (Lipinski definition) is 4. The number of likely N-dealkylation sites (tertiary alicyclic amines) is 1. The normalized spacial score (nSPS) is 19.1. The molecule has 1 aliphatic heterocycles. The maximum Gasteiger partial charge on any atom is 0.426 e.